The Morgan fingerprint density at radius 3 is 1.43 bits per heavy atom. The minimum absolute atomic E-state index is 0.213. The van der Waals surface area contributed by atoms with Crippen molar-refractivity contribution >= 4 is 24.5 Å². The quantitative estimate of drug-likeness (QED) is 0.504. The summed E-state index contributed by atoms with van der Waals surface area (Å²) >= 11 is 0. The summed E-state index contributed by atoms with van der Waals surface area (Å²) in [4.78, 5) is 53.0. The molecular formula is C20H24N2O6. The number of aryl methyl sites for hydroxylation is 2. The SMILES string of the molecule is CCOC(=O)c1c(CCc2[nH]c(C=O)c(C)c2C(=O)OCC)[nH]c(C=O)c1C. The maximum atomic E-state index is 12.3. The molecule has 150 valence electrons. The van der Waals surface area contributed by atoms with E-state index < -0.39 is 11.9 Å². The average Bonchev–Trinajstić information content (AvgIpc) is 3.16. The minimum Gasteiger partial charge on any atom is -0.462 e. The number of carbonyl (C=O) groups excluding carboxylic acids is 4. The highest BCUT2D eigenvalue weighted by molar-refractivity contribution is 5.96. The van der Waals surface area contributed by atoms with E-state index in [1.165, 1.54) is 0 Å². The number of H-pyrrole nitrogens is 2. The van der Waals surface area contributed by atoms with Crippen molar-refractivity contribution in [2.45, 2.75) is 40.5 Å². The lowest BCUT2D eigenvalue weighted by Crippen LogP contribution is -2.11. The molecule has 0 saturated heterocycles. The van der Waals surface area contributed by atoms with Gasteiger partial charge in [0.15, 0.2) is 12.6 Å². The maximum absolute atomic E-state index is 12.3. The van der Waals surface area contributed by atoms with Crippen molar-refractivity contribution in [3.8, 4) is 0 Å². The zero-order valence-corrected chi connectivity index (χ0v) is 16.4. The Bertz CT molecular complexity index is 832. The van der Waals surface area contributed by atoms with Gasteiger partial charge in [0.2, 0.25) is 0 Å². The van der Waals surface area contributed by atoms with E-state index in [1.807, 2.05) is 0 Å². The predicted octanol–water partition coefficient (Wildman–Crippen LogP) is 2.72. The van der Waals surface area contributed by atoms with Gasteiger partial charge in [-0.05, 0) is 51.7 Å². The molecule has 2 N–H and O–H groups in total. The molecule has 8 nitrogen and oxygen atoms in total. The van der Waals surface area contributed by atoms with E-state index >= 15 is 0 Å². The number of nitrogens with one attached hydrogen (secondary N) is 2. The van der Waals surface area contributed by atoms with Gasteiger partial charge >= 0.3 is 11.9 Å². The lowest BCUT2D eigenvalue weighted by Gasteiger charge is -2.07. The van der Waals surface area contributed by atoms with E-state index in [-0.39, 0.29) is 13.2 Å². The Morgan fingerprint density at radius 1 is 0.786 bits per heavy atom. The summed E-state index contributed by atoms with van der Waals surface area (Å²) in [5.41, 5.74) is 3.36. The molecule has 2 heterocycles. The van der Waals surface area contributed by atoms with E-state index in [9.17, 15) is 19.2 Å². The Morgan fingerprint density at radius 2 is 1.14 bits per heavy atom. The van der Waals surface area contributed by atoms with Gasteiger partial charge in [-0.1, -0.05) is 0 Å². The molecule has 0 aromatic carbocycles. The van der Waals surface area contributed by atoms with E-state index in [1.54, 1.807) is 27.7 Å². The standard InChI is InChI=1S/C20H24N2O6/c1-5-27-19(25)17-11(3)15(9-23)21-13(17)7-8-14-18(20(26)28-6-2)12(4)16(10-24)22-14/h9-10,21-22H,5-8H2,1-4H3. The van der Waals surface area contributed by atoms with Gasteiger partial charge < -0.3 is 19.4 Å². The average molecular weight is 388 g/mol. The number of hydrogen-bond donors (Lipinski definition) is 2. The van der Waals surface area contributed by atoms with Crippen molar-refractivity contribution in [2.24, 2.45) is 0 Å². The molecule has 0 aliphatic heterocycles. The molecule has 0 aliphatic rings. The van der Waals surface area contributed by atoms with E-state index in [0.29, 0.717) is 70.4 Å². The second-order valence-corrected chi connectivity index (χ2v) is 6.21. The fraction of sp³-hybridized carbons (Fsp3) is 0.400. The van der Waals surface area contributed by atoms with Gasteiger partial charge in [-0.3, -0.25) is 9.59 Å². The van der Waals surface area contributed by atoms with Gasteiger partial charge in [-0.15, -0.1) is 0 Å². The molecule has 0 aliphatic carbocycles. The Kier molecular flexibility index (Phi) is 6.92. The smallest absolute Gasteiger partial charge is 0.340 e. The molecule has 0 fully saturated rings. The van der Waals surface area contributed by atoms with Crippen molar-refractivity contribution in [1.82, 2.24) is 9.97 Å². The number of ether oxygens (including phenoxy) is 2. The van der Waals surface area contributed by atoms with Crippen LogP contribution in [0.25, 0.3) is 0 Å². The second-order valence-electron chi connectivity index (χ2n) is 6.21. The zero-order chi connectivity index (χ0) is 20.8. The molecule has 2 aromatic heterocycles. The third-order valence-corrected chi connectivity index (χ3v) is 4.55. The third-order valence-electron chi connectivity index (χ3n) is 4.55. The summed E-state index contributed by atoms with van der Waals surface area (Å²) in [7, 11) is 0. The van der Waals surface area contributed by atoms with Crippen LogP contribution in [0.5, 0.6) is 0 Å². The predicted molar refractivity (Wildman–Crippen MR) is 101 cm³/mol. The first-order chi connectivity index (χ1) is 13.4. The highest BCUT2D eigenvalue weighted by atomic mass is 16.5. The van der Waals surface area contributed by atoms with Gasteiger partial charge in [0.25, 0.3) is 0 Å². The molecule has 0 saturated carbocycles. The lowest BCUT2D eigenvalue weighted by molar-refractivity contribution is 0.0513. The molecule has 0 unspecified atom stereocenters. The summed E-state index contributed by atoms with van der Waals surface area (Å²) in [6.45, 7) is 7.17. The monoisotopic (exact) mass is 388 g/mol. The summed E-state index contributed by atoms with van der Waals surface area (Å²) in [5.74, 6) is -1.03. The van der Waals surface area contributed by atoms with Crippen LogP contribution in [0.4, 0.5) is 0 Å². The number of carbonyl (C=O) groups is 4. The van der Waals surface area contributed by atoms with Crippen molar-refractivity contribution < 1.29 is 28.7 Å². The molecule has 0 radical (unpaired) electrons. The van der Waals surface area contributed by atoms with Crippen LogP contribution >= 0.6 is 0 Å². The van der Waals surface area contributed by atoms with Crippen molar-refractivity contribution in [1.29, 1.82) is 0 Å². The largest absolute Gasteiger partial charge is 0.462 e. The molecule has 2 aromatic rings. The summed E-state index contributed by atoms with van der Waals surface area (Å²) < 4.78 is 10.2. The van der Waals surface area contributed by atoms with E-state index in [2.05, 4.69) is 9.97 Å². The number of esters is 2. The molecule has 0 amide bonds. The molecule has 0 bridgehead atoms. The third kappa shape index (κ3) is 4.05. The molecule has 2 rings (SSSR count). The number of rotatable bonds is 9. The van der Waals surface area contributed by atoms with Crippen molar-refractivity contribution in [3.63, 3.8) is 0 Å². The Labute approximate surface area is 162 Å². The van der Waals surface area contributed by atoms with Gasteiger partial charge in [0, 0.05) is 11.4 Å². The van der Waals surface area contributed by atoms with Crippen LogP contribution in [0.2, 0.25) is 0 Å². The van der Waals surface area contributed by atoms with Crippen LogP contribution in [0.15, 0.2) is 0 Å². The summed E-state index contributed by atoms with van der Waals surface area (Å²) in [5, 5.41) is 0. The maximum Gasteiger partial charge on any atom is 0.340 e. The highest BCUT2D eigenvalue weighted by Gasteiger charge is 2.24. The molecule has 0 spiro atoms. The Balaban J connectivity index is 2.39. The van der Waals surface area contributed by atoms with E-state index in [4.69, 9.17) is 9.47 Å². The number of aldehydes is 2. The van der Waals surface area contributed by atoms with E-state index in [0.717, 1.165) is 0 Å². The summed E-state index contributed by atoms with van der Waals surface area (Å²) in [6.07, 6.45) is 1.95. The summed E-state index contributed by atoms with van der Waals surface area (Å²) in [6, 6.07) is 0. The van der Waals surface area contributed by atoms with Crippen LogP contribution in [-0.4, -0.2) is 47.7 Å². The highest BCUT2D eigenvalue weighted by Crippen LogP contribution is 2.23. The lowest BCUT2D eigenvalue weighted by atomic mass is 10.0. The van der Waals surface area contributed by atoms with Crippen LogP contribution in [0, 0.1) is 13.8 Å². The first kappa shape index (κ1) is 21.1. The second kappa shape index (κ2) is 9.16. The van der Waals surface area contributed by atoms with Crippen LogP contribution in [0.3, 0.4) is 0 Å². The van der Waals surface area contributed by atoms with Gasteiger partial charge in [0.1, 0.15) is 0 Å². The van der Waals surface area contributed by atoms with Gasteiger partial charge in [-0.2, -0.15) is 0 Å². The van der Waals surface area contributed by atoms with Crippen LogP contribution in [-0.2, 0) is 22.3 Å². The minimum atomic E-state index is -0.513. The number of hydrogen-bond acceptors (Lipinski definition) is 6. The number of aromatic amines is 2. The topological polar surface area (TPSA) is 118 Å². The zero-order valence-electron chi connectivity index (χ0n) is 16.4. The first-order valence-electron chi connectivity index (χ1n) is 9.06. The van der Waals surface area contributed by atoms with Crippen LogP contribution < -0.4 is 0 Å². The normalized spacial score (nSPS) is 10.6. The fourth-order valence-electron chi connectivity index (χ4n) is 3.18. The first-order valence-corrected chi connectivity index (χ1v) is 9.06. The van der Waals surface area contributed by atoms with Gasteiger partial charge in [0.05, 0.1) is 35.7 Å². The van der Waals surface area contributed by atoms with Gasteiger partial charge in [-0.25, -0.2) is 9.59 Å². The van der Waals surface area contributed by atoms with Crippen molar-refractivity contribution in [2.75, 3.05) is 13.2 Å². The molecule has 28 heavy (non-hydrogen) atoms. The van der Waals surface area contributed by atoms with Crippen molar-refractivity contribution in [3.05, 3.63) is 45.0 Å². The molecule has 8 heteroatoms. The molecular weight excluding hydrogens is 364 g/mol. The number of aromatic nitrogens is 2. The Hall–Kier alpha value is -3.16. The van der Waals surface area contributed by atoms with Crippen LogP contribution in [0.1, 0.15) is 78.1 Å². The fourth-order valence-corrected chi connectivity index (χ4v) is 3.18. The molecule has 0 atom stereocenters.